The fourth-order valence-corrected chi connectivity index (χ4v) is 4.30. The van der Waals surface area contributed by atoms with E-state index in [0.29, 0.717) is 13.2 Å². The van der Waals surface area contributed by atoms with Gasteiger partial charge in [0.05, 0.1) is 37.8 Å². The third-order valence-electron chi connectivity index (χ3n) is 5.83. The number of fused-ring (bicyclic) bond motifs is 1. The molecular formula is C26H24FN3O2. The second-order valence-corrected chi connectivity index (χ2v) is 7.90. The van der Waals surface area contributed by atoms with E-state index in [-0.39, 0.29) is 11.9 Å². The van der Waals surface area contributed by atoms with Crippen LogP contribution in [0.5, 0.6) is 5.75 Å². The molecule has 0 saturated carbocycles. The van der Waals surface area contributed by atoms with Crippen LogP contribution in [0.2, 0.25) is 0 Å². The Kier molecular flexibility index (Phi) is 5.69. The summed E-state index contributed by atoms with van der Waals surface area (Å²) in [6.45, 7) is 1.11. The van der Waals surface area contributed by atoms with Gasteiger partial charge in [-0.2, -0.15) is 0 Å². The van der Waals surface area contributed by atoms with E-state index in [9.17, 15) is 4.39 Å². The molecule has 0 unspecified atom stereocenters. The maximum absolute atomic E-state index is 13.5. The molecule has 0 radical (unpaired) electrons. The second-order valence-electron chi connectivity index (χ2n) is 7.90. The van der Waals surface area contributed by atoms with Crippen LogP contribution in [0.25, 0.3) is 22.5 Å². The van der Waals surface area contributed by atoms with Gasteiger partial charge in [0.25, 0.3) is 0 Å². The predicted octanol–water partition coefficient (Wildman–Crippen LogP) is 5.46. The maximum atomic E-state index is 13.5. The zero-order chi connectivity index (χ0) is 21.9. The number of ether oxygens (including phenoxy) is 2. The van der Waals surface area contributed by atoms with Crippen molar-refractivity contribution in [1.82, 2.24) is 14.5 Å². The Labute approximate surface area is 186 Å². The van der Waals surface area contributed by atoms with E-state index >= 15 is 0 Å². The molecule has 5 rings (SSSR count). The van der Waals surface area contributed by atoms with Crippen molar-refractivity contribution < 1.29 is 13.9 Å². The van der Waals surface area contributed by atoms with E-state index in [2.05, 4.69) is 9.55 Å². The number of methoxy groups -OCH3 is 1. The van der Waals surface area contributed by atoms with Crippen LogP contribution >= 0.6 is 0 Å². The molecule has 6 heteroatoms. The van der Waals surface area contributed by atoms with Crippen LogP contribution in [0, 0.1) is 5.82 Å². The number of rotatable bonds is 7. The first-order valence-corrected chi connectivity index (χ1v) is 10.7. The Balaban J connectivity index is 1.44. The molecule has 1 aliphatic rings. The van der Waals surface area contributed by atoms with Gasteiger partial charge >= 0.3 is 0 Å². The predicted molar refractivity (Wildman–Crippen MR) is 121 cm³/mol. The fraction of sp³-hybridized carbons (Fsp3) is 0.231. The van der Waals surface area contributed by atoms with Gasteiger partial charge in [0.1, 0.15) is 17.4 Å². The van der Waals surface area contributed by atoms with Crippen molar-refractivity contribution in [2.75, 3.05) is 13.7 Å². The molecule has 2 aromatic carbocycles. The molecule has 5 nitrogen and oxygen atoms in total. The highest BCUT2D eigenvalue weighted by atomic mass is 19.1. The lowest BCUT2D eigenvalue weighted by Crippen LogP contribution is -2.13. The van der Waals surface area contributed by atoms with E-state index in [1.807, 2.05) is 36.4 Å². The number of pyridine rings is 1. The summed E-state index contributed by atoms with van der Waals surface area (Å²) in [5, 5.41) is 0. The van der Waals surface area contributed by atoms with Crippen molar-refractivity contribution in [1.29, 1.82) is 0 Å². The minimum atomic E-state index is -0.255. The lowest BCUT2D eigenvalue weighted by atomic mass is 10.0. The highest BCUT2D eigenvalue weighted by Gasteiger charge is 2.30. The fourth-order valence-electron chi connectivity index (χ4n) is 4.30. The van der Waals surface area contributed by atoms with E-state index < -0.39 is 0 Å². The van der Waals surface area contributed by atoms with Crippen LogP contribution in [-0.2, 0) is 17.8 Å². The summed E-state index contributed by atoms with van der Waals surface area (Å²) in [6.07, 6.45) is 5.43. The molecule has 0 spiro atoms. The zero-order valence-corrected chi connectivity index (χ0v) is 17.9. The Bertz CT molecular complexity index is 1210. The van der Waals surface area contributed by atoms with Gasteiger partial charge in [-0.05, 0) is 60.5 Å². The number of aryl methyl sites for hydroxylation is 1. The van der Waals surface area contributed by atoms with Crippen LogP contribution in [0.15, 0.2) is 73.1 Å². The van der Waals surface area contributed by atoms with Crippen molar-refractivity contribution in [3.8, 4) is 28.3 Å². The maximum Gasteiger partial charge on any atom is 0.123 e. The first-order chi connectivity index (χ1) is 15.7. The van der Waals surface area contributed by atoms with Crippen LogP contribution in [0.1, 0.15) is 23.9 Å². The molecular weight excluding hydrogens is 405 g/mol. The third kappa shape index (κ3) is 4.01. The van der Waals surface area contributed by atoms with E-state index in [1.54, 1.807) is 31.6 Å². The number of hydrogen-bond acceptors (Lipinski definition) is 4. The number of aromatic nitrogens is 3. The Hall–Kier alpha value is -3.51. The Morgan fingerprint density at radius 1 is 1.03 bits per heavy atom. The highest BCUT2D eigenvalue weighted by molar-refractivity contribution is 5.79. The average Bonchev–Trinajstić information content (AvgIpc) is 3.40. The van der Waals surface area contributed by atoms with E-state index in [1.165, 1.54) is 12.1 Å². The molecule has 0 N–H and O–H groups in total. The van der Waals surface area contributed by atoms with Gasteiger partial charge in [-0.25, -0.2) is 9.37 Å². The Morgan fingerprint density at radius 3 is 2.62 bits per heavy atom. The van der Waals surface area contributed by atoms with Gasteiger partial charge in [0.15, 0.2) is 0 Å². The molecule has 1 aliphatic heterocycles. The first-order valence-electron chi connectivity index (χ1n) is 10.7. The summed E-state index contributed by atoms with van der Waals surface area (Å²) in [5.41, 5.74) is 4.91. The SMILES string of the molecule is COc1cccc(COC[C@@H]2CCc3nc(-c4ccc(F)cc4)c(-c4ccncc4)n32)c1. The van der Waals surface area contributed by atoms with Gasteiger partial charge < -0.3 is 14.0 Å². The average molecular weight is 429 g/mol. The topological polar surface area (TPSA) is 49.2 Å². The quantitative estimate of drug-likeness (QED) is 0.391. The van der Waals surface area contributed by atoms with Crippen molar-refractivity contribution >= 4 is 0 Å². The molecule has 32 heavy (non-hydrogen) atoms. The number of imidazole rings is 1. The van der Waals surface area contributed by atoms with Crippen molar-refractivity contribution in [3.63, 3.8) is 0 Å². The molecule has 162 valence electrons. The van der Waals surface area contributed by atoms with Gasteiger partial charge in [0.2, 0.25) is 0 Å². The summed E-state index contributed by atoms with van der Waals surface area (Å²) in [5.74, 6) is 1.61. The molecule has 0 amide bonds. The van der Waals surface area contributed by atoms with Crippen molar-refractivity contribution in [2.45, 2.75) is 25.5 Å². The summed E-state index contributed by atoms with van der Waals surface area (Å²) in [7, 11) is 1.67. The number of halogens is 1. The normalized spacial score (nSPS) is 15.0. The molecule has 0 saturated heterocycles. The summed E-state index contributed by atoms with van der Waals surface area (Å²) < 4.78 is 27.2. The van der Waals surface area contributed by atoms with Crippen LogP contribution in [0.4, 0.5) is 4.39 Å². The molecule has 0 fully saturated rings. The van der Waals surface area contributed by atoms with Gasteiger partial charge in [-0.1, -0.05) is 12.1 Å². The van der Waals surface area contributed by atoms with Crippen molar-refractivity contribution in [2.24, 2.45) is 0 Å². The smallest absolute Gasteiger partial charge is 0.123 e. The first kappa shape index (κ1) is 20.4. The zero-order valence-electron chi connectivity index (χ0n) is 17.9. The molecule has 2 aromatic heterocycles. The van der Waals surface area contributed by atoms with Gasteiger partial charge in [-0.3, -0.25) is 4.98 Å². The van der Waals surface area contributed by atoms with Crippen LogP contribution in [-0.4, -0.2) is 28.3 Å². The Morgan fingerprint density at radius 2 is 1.84 bits per heavy atom. The number of nitrogens with zero attached hydrogens (tertiary/aromatic N) is 3. The monoisotopic (exact) mass is 429 g/mol. The van der Waals surface area contributed by atoms with Gasteiger partial charge in [0, 0.05) is 29.9 Å². The molecule has 0 bridgehead atoms. The van der Waals surface area contributed by atoms with E-state index in [0.717, 1.165) is 52.5 Å². The lowest BCUT2D eigenvalue weighted by Gasteiger charge is -2.18. The second kappa shape index (κ2) is 8.93. The third-order valence-corrected chi connectivity index (χ3v) is 5.83. The summed E-state index contributed by atoms with van der Waals surface area (Å²) in [6, 6.07) is 18.6. The van der Waals surface area contributed by atoms with Crippen LogP contribution < -0.4 is 4.74 Å². The lowest BCUT2D eigenvalue weighted by molar-refractivity contribution is 0.0924. The molecule has 3 heterocycles. The van der Waals surface area contributed by atoms with Crippen LogP contribution in [0.3, 0.4) is 0 Å². The molecule has 4 aromatic rings. The van der Waals surface area contributed by atoms with E-state index in [4.69, 9.17) is 14.5 Å². The number of benzene rings is 2. The molecule has 0 aliphatic carbocycles. The highest BCUT2D eigenvalue weighted by Crippen LogP contribution is 2.39. The standard InChI is InChI=1S/C26H24FN3O2/c1-31-23-4-2-3-18(15-23)16-32-17-22-9-10-24-29-25(19-5-7-21(27)8-6-19)26(30(22)24)20-11-13-28-14-12-20/h2-8,11-15,22H,9-10,16-17H2,1H3/t22-/m0/s1. The minimum absolute atomic E-state index is 0.181. The summed E-state index contributed by atoms with van der Waals surface area (Å²) >= 11 is 0. The minimum Gasteiger partial charge on any atom is -0.497 e. The largest absolute Gasteiger partial charge is 0.497 e. The van der Waals surface area contributed by atoms with Gasteiger partial charge in [-0.15, -0.1) is 0 Å². The van der Waals surface area contributed by atoms with Crippen molar-refractivity contribution in [3.05, 3.63) is 90.3 Å². The summed E-state index contributed by atoms with van der Waals surface area (Å²) in [4.78, 5) is 9.12. The number of hydrogen-bond donors (Lipinski definition) is 0. The molecule has 1 atom stereocenters.